The average Bonchev–Trinajstić information content (AvgIpc) is 2.53. The molecule has 7 heteroatoms. The SMILES string of the molecule is Cc1ccc(S(=O)(=O)NCC(=O)OCc2cccc(F)c2)cc1C. The largest absolute Gasteiger partial charge is 0.460 e. The smallest absolute Gasteiger partial charge is 0.321 e. The third-order valence-corrected chi connectivity index (χ3v) is 4.88. The number of rotatable bonds is 6. The van der Waals surface area contributed by atoms with Gasteiger partial charge in [-0.2, -0.15) is 4.72 Å². The summed E-state index contributed by atoms with van der Waals surface area (Å²) in [6.07, 6.45) is 0. The molecule has 2 rings (SSSR count). The predicted octanol–water partition coefficient (Wildman–Crippen LogP) is 2.46. The minimum Gasteiger partial charge on any atom is -0.460 e. The molecule has 2 aromatic carbocycles. The number of hydrogen-bond donors (Lipinski definition) is 1. The van der Waals surface area contributed by atoms with E-state index in [0.29, 0.717) is 5.56 Å². The molecule has 1 N–H and O–H groups in total. The molecule has 0 spiro atoms. The Kier molecular flexibility index (Phi) is 5.69. The number of nitrogens with one attached hydrogen (secondary N) is 1. The summed E-state index contributed by atoms with van der Waals surface area (Å²) in [6.45, 7) is 3.07. The van der Waals surface area contributed by atoms with Crippen molar-refractivity contribution in [1.29, 1.82) is 0 Å². The lowest BCUT2D eigenvalue weighted by atomic mass is 10.1. The van der Waals surface area contributed by atoms with Crippen molar-refractivity contribution in [2.45, 2.75) is 25.3 Å². The Bertz CT molecular complexity index is 849. The van der Waals surface area contributed by atoms with Crippen LogP contribution < -0.4 is 4.72 Å². The van der Waals surface area contributed by atoms with E-state index in [1.54, 1.807) is 12.1 Å². The summed E-state index contributed by atoms with van der Waals surface area (Å²) in [5.74, 6) is -1.18. The average molecular weight is 351 g/mol. The molecule has 24 heavy (non-hydrogen) atoms. The highest BCUT2D eigenvalue weighted by Gasteiger charge is 2.16. The number of benzene rings is 2. The van der Waals surface area contributed by atoms with E-state index in [4.69, 9.17) is 4.74 Å². The summed E-state index contributed by atoms with van der Waals surface area (Å²) < 4.78 is 44.4. The van der Waals surface area contributed by atoms with Crippen LogP contribution in [0, 0.1) is 19.7 Å². The third-order valence-electron chi connectivity index (χ3n) is 3.48. The van der Waals surface area contributed by atoms with E-state index in [9.17, 15) is 17.6 Å². The summed E-state index contributed by atoms with van der Waals surface area (Å²) in [5.41, 5.74) is 2.30. The first kappa shape index (κ1) is 18.1. The molecule has 0 aliphatic carbocycles. The van der Waals surface area contributed by atoms with Crippen molar-refractivity contribution in [2.75, 3.05) is 6.54 Å². The molecule has 0 aliphatic heterocycles. The van der Waals surface area contributed by atoms with Gasteiger partial charge < -0.3 is 4.74 Å². The number of sulfonamides is 1. The number of halogens is 1. The number of carbonyl (C=O) groups excluding carboxylic acids is 1. The molecule has 0 bridgehead atoms. The molecule has 0 radical (unpaired) electrons. The number of hydrogen-bond acceptors (Lipinski definition) is 4. The molecule has 0 unspecified atom stereocenters. The standard InChI is InChI=1S/C17H18FNO4S/c1-12-6-7-16(8-13(12)2)24(21,22)19-10-17(20)23-11-14-4-3-5-15(18)9-14/h3-9,19H,10-11H2,1-2H3. The normalized spacial score (nSPS) is 11.3. The number of carbonyl (C=O) groups is 1. The van der Waals surface area contributed by atoms with Gasteiger partial charge in [0.05, 0.1) is 4.90 Å². The van der Waals surface area contributed by atoms with E-state index in [1.807, 2.05) is 13.8 Å². The second kappa shape index (κ2) is 7.55. The number of ether oxygens (including phenoxy) is 1. The molecule has 0 saturated carbocycles. The molecule has 0 aromatic heterocycles. The molecular formula is C17H18FNO4S. The molecule has 0 amide bonds. The van der Waals surface area contributed by atoms with Gasteiger partial charge in [-0.15, -0.1) is 0 Å². The highest BCUT2D eigenvalue weighted by molar-refractivity contribution is 7.89. The zero-order valence-corrected chi connectivity index (χ0v) is 14.2. The summed E-state index contributed by atoms with van der Waals surface area (Å²) in [7, 11) is -3.80. The van der Waals surface area contributed by atoms with Gasteiger partial charge >= 0.3 is 5.97 Å². The van der Waals surface area contributed by atoms with Crippen LogP contribution in [0.2, 0.25) is 0 Å². The van der Waals surface area contributed by atoms with Crippen LogP contribution in [-0.2, 0) is 26.2 Å². The maximum Gasteiger partial charge on any atom is 0.321 e. The van der Waals surface area contributed by atoms with Gasteiger partial charge in [-0.1, -0.05) is 18.2 Å². The van der Waals surface area contributed by atoms with Crippen molar-refractivity contribution in [3.63, 3.8) is 0 Å². The Balaban J connectivity index is 1.91. The van der Waals surface area contributed by atoms with Gasteiger partial charge in [0, 0.05) is 0 Å². The lowest BCUT2D eigenvalue weighted by Gasteiger charge is -2.09. The molecule has 0 heterocycles. The van der Waals surface area contributed by atoms with Crippen LogP contribution in [0.4, 0.5) is 4.39 Å². The van der Waals surface area contributed by atoms with Gasteiger partial charge in [-0.25, -0.2) is 12.8 Å². The molecule has 0 atom stereocenters. The number of aryl methyl sites for hydroxylation is 2. The summed E-state index contributed by atoms with van der Waals surface area (Å²) in [6, 6.07) is 10.3. The van der Waals surface area contributed by atoms with Crippen LogP contribution in [0.15, 0.2) is 47.4 Å². The minimum absolute atomic E-state index is 0.0866. The van der Waals surface area contributed by atoms with Crippen LogP contribution in [-0.4, -0.2) is 20.9 Å². The van der Waals surface area contributed by atoms with Gasteiger partial charge in [0.25, 0.3) is 0 Å². The van der Waals surface area contributed by atoms with Crippen LogP contribution in [0.1, 0.15) is 16.7 Å². The van der Waals surface area contributed by atoms with Crippen molar-refractivity contribution >= 4 is 16.0 Å². The fourth-order valence-electron chi connectivity index (χ4n) is 1.96. The molecule has 0 saturated heterocycles. The van der Waals surface area contributed by atoms with Crippen molar-refractivity contribution in [3.8, 4) is 0 Å². The van der Waals surface area contributed by atoms with Crippen LogP contribution in [0.5, 0.6) is 0 Å². The first-order chi connectivity index (χ1) is 11.3. The van der Waals surface area contributed by atoms with Crippen molar-refractivity contribution in [1.82, 2.24) is 4.72 Å². The zero-order chi connectivity index (χ0) is 17.7. The highest BCUT2D eigenvalue weighted by atomic mass is 32.2. The van der Waals surface area contributed by atoms with E-state index in [0.717, 1.165) is 11.1 Å². The Morgan fingerprint density at radius 3 is 2.54 bits per heavy atom. The van der Waals surface area contributed by atoms with E-state index in [1.165, 1.54) is 30.3 Å². The topological polar surface area (TPSA) is 72.5 Å². The summed E-state index contributed by atoms with van der Waals surface area (Å²) in [4.78, 5) is 11.7. The Morgan fingerprint density at radius 2 is 1.88 bits per heavy atom. The second-order valence-corrected chi connectivity index (χ2v) is 7.13. The maximum absolute atomic E-state index is 13.0. The predicted molar refractivity (Wildman–Crippen MR) is 87.3 cm³/mol. The quantitative estimate of drug-likeness (QED) is 0.812. The van der Waals surface area contributed by atoms with Crippen molar-refractivity contribution in [2.24, 2.45) is 0 Å². The van der Waals surface area contributed by atoms with Gasteiger partial charge in [0.15, 0.2) is 0 Å². The molecule has 0 aliphatic rings. The number of esters is 1. The van der Waals surface area contributed by atoms with Crippen LogP contribution >= 0.6 is 0 Å². The highest BCUT2D eigenvalue weighted by Crippen LogP contribution is 2.14. The first-order valence-electron chi connectivity index (χ1n) is 7.25. The Morgan fingerprint density at radius 1 is 1.12 bits per heavy atom. The summed E-state index contributed by atoms with van der Waals surface area (Å²) in [5, 5.41) is 0. The lowest BCUT2D eigenvalue weighted by Crippen LogP contribution is -2.30. The van der Waals surface area contributed by atoms with Gasteiger partial charge in [0.2, 0.25) is 10.0 Å². The van der Waals surface area contributed by atoms with E-state index < -0.39 is 28.4 Å². The maximum atomic E-state index is 13.0. The fourth-order valence-corrected chi connectivity index (χ4v) is 3.01. The van der Waals surface area contributed by atoms with E-state index >= 15 is 0 Å². The van der Waals surface area contributed by atoms with Gasteiger partial charge in [-0.3, -0.25) is 4.79 Å². The van der Waals surface area contributed by atoms with Gasteiger partial charge in [-0.05, 0) is 54.8 Å². The van der Waals surface area contributed by atoms with Crippen LogP contribution in [0.25, 0.3) is 0 Å². The lowest BCUT2D eigenvalue weighted by molar-refractivity contribution is -0.143. The fraction of sp³-hybridized carbons (Fsp3) is 0.235. The van der Waals surface area contributed by atoms with E-state index in [-0.39, 0.29) is 11.5 Å². The second-order valence-electron chi connectivity index (χ2n) is 5.36. The third kappa shape index (κ3) is 4.87. The Hall–Kier alpha value is -2.25. The molecular weight excluding hydrogens is 333 g/mol. The first-order valence-corrected chi connectivity index (χ1v) is 8.73. The van der Waals surface area contributed by atoms with Crippen LogP contribution in [0.3, 0.4) is 0 Å². The molecule has 0 fully saturated rings. The molecule has 2 aromatic rings. The van der Waals surface area contributed by atoms with Crippen molar-refractivity contribution < 1.29 is 22.3 Å². The molecule has 128 valence electrons. The zero-order valence-electron chi connectivity index (χ0n) is 13.4. The Labute approximate surface area is 140 Å². The minimum atomic E-state index is -3.80. The summed E-state index contributed by atoms with van der Waals surface area (Å²) >= 11 is 0. The monoisotopic (exact) mass is 351 g/mol. The van der Waals surface area contributed by atoms with E-state index in [2.05, 4.69) is 4.72 Å². The van der Waals surface area contributed by atoms with Gasteiger partial charge in [0.1, 0.15) is 19.0 Å². The van der Waals surface area contributed by atoms with Crippen molar-refractivity contribution in [3.05, 3.63) is 65.0 Å². The molecule has 5 nitrogen and oxygen atoms in total.